The maximum absolute atomic E-state index is 6.44. The van der Waals surface area contributed by atoms with Crippen LogP contribution in [0.5, 0.6) is 11.5 Å². The van der Waals surface area contributed by atoms with Crippen LogP contribution in [0.2, 0.25) is 0 Å². The Morgan fingerprint density at radius 3 is 2.03 bits per heavy atom. The lowest BCUT2D eigenvalue weighted by atomic mass is 9.91. The summed E-state index contributed by atoms with van der Waals surface area (Å²) in [5.74, 6) is 1.84. The molecule has 0 aromatic heterocycles. The minimum Gasteiger partial charge on any atom is -0.456 e. The molecule has 162 valence electrons. The van der Waals surface area contributed by atoms with Crippen molar-refractivity contribution in [1.29, 1.82) is 0 Å². The topological polar surface area (TPSA) is 9.23 Å². The van der Waals surface area contributed by atoms with Crippen molar-refractivity contribution < 1.29 is 4.74 Å². The molecule has 0 spiro atoms. The summed E-state index contributed by atoms with van der Waals surface area (Å²) in [4.78, 5) is 0. The predicted octanol–water partition coefficient (Wildman–Crippen LogP) is 9.74. The highest BCUT2D eigenvalue weighted by Gasteiger charge is 2.20. The molecule has 0 amide bonds. The number of benzene rings is 7. The van der Waals surface area contributed by atoms with E-state index in [2.05, 4.69) is 121 Å². The van der Waals surface area contributed by atoms with Gasteiger partial charge in [0, 0.05) is 10.9 Å². The van der Waals surface area contributed by atoms with Gasteiger partial charge in [0.1, 0.15) is 11.5 Å². The SMILES string of the molecule is c1cc(-c2ccc3c(c2)Oc2cccc4cccc-3c24)c2cc3ccc4ccccc4c3cc2c1. The summed E-state index contributed by atoms with van der Waals surface area (Å²) in [6.07, 6.45) is 0. The van der Waals surface area contributed by atoms with Gasteiger partial charge in [-0.2, -0.15) is 0 Å². The van der Waals surface area contributed by atoms with Crippen molar-refractivity contribution in [2.24, 2.45) is 0 Å². The van der Waals surface area contributed by atoms with Crippen LogP contribution in [0.3, 0.4) is 0 Å². The van der Waals surface area contributed by atoms with Crippen molar-refractivity contribution in [2.45, 2.75) is 0 Å². The molecule has 0 bridgehead atoms. The van der Waals surface area contributed by atoms with Crippen molar-refractivity contribution in [2.75, 3.05) is 0 Å². The average molecular weight is 445 g/mol. The molecule has 7 aromatic rings. The first-order valence-electron chi connectivity index (χ1n) is 12.0. The minimum absolute atomic E-state index is 0.914. The van der Waals surface area contributed by atoms with E-state index in [4.69, 9.17) is 4.74 Å². The second-order valence-electron chi connectivity index (χ2n) is 9.36. The van der Waals surface area contributed by atoms with Crippen LogP contribution >= 0.6 is 0 Å². The molecule has 1 aliphatic rings. The highest BCUT2D eigenvalue weighted by Crippen LogP contribution is 2.48. The molecule has 1 nitrogen and oxygen atoms in total. The Hall–Kier alpha value is -4.62. The first-order chi connectivity index (χ1) is 17.3. The van der Waals surface area contributed by atoms with Crippen molar-refractivity contribution in [1.82, 2.24) is 0 Å². The smallest absolute Gasteiger partial charge is 0.135 e. The Bertz CT molecular complexity index is 1970. The van der Waals surface area contributed by atoms with Crippen LogP contribution < -0.4 is 4.74 Å². The van der Waals surface area contributed by atoms with Gasteiger partial charge < -0.3 is 4.74 Å². The van der Waals surface area contributed by atoms with Gasteiger partial charge in [-0.05, 0) is 84.7 Å². The average Bonchev–Trinajstić information content (AvgIpc) is 2.91. The standard InChI is InChI=1S/C34H20O/c1-2-10-26-21(6-1)14-15-24-19-30-23(18-31(24)26)9-4-11-27(30)25-16-17-28-29-12-3-7-22-8-5-13-32(34(22)29)35-33(28)20-25/h1-20H. The molecule has 0 N–H and O–H groups in total. The lowest BCUT2D eigenvalue weighted by Gasteiger charge is -2.22. The summed E-state index contributed by atoms with van der Waals surface area (Å²) in [6.45, 7) is 0. The fourth-order valence-corrected chi connectivity index (χ4v) is 5.76. The summed E-state index contributed by atoms with van der Waals surface area (Å²) < 4.78 is 6.44. The van der Waals surface area contributed by atoms with Gasteiger partial charge in [-0.25, -0.2) is 0 Å². The molecule has 7 aromatic carbocycles. The number of hydrogen-bond acceptors (Lipinski definition) is 1. The molecule has 1 aliphatic heterocycles. The van der Waals surface area contributed by atoms with Gasteiger partial charge in [0.2, 0.25) is 0 Å². The lowest BCUT2D eigenvalue weighted by Crippen LogP contribution is -1.97. The molecule has 0 radical (unpaired) electrons. The molecule has 0 aliphatic carbocycles. The second kappa shape index (κ2) is 6.94. The number of rotatable bonds is 1. The number of hydrogen-bond donors (Lipinski definition) is 0. The first kappa shape index (κ1) is 18.8. The fourth-order valence-electron chi connectivity index (χ4n) is 5.76. The number of ether oxygens (including phenoxy) is 1. The summed E-state index contributed by atoms with van der Waals surface area (Å²) in [6, 6.07) is 43.7. The van der Waals surface area contributed by atoms with Crippen molar-refractivity contribution >= 4 is 43.1 Å². The van der Waals surface area contributed by atoms with E-state index in [1.54, 1.807) is 0 Å². The molecule has 0 atom stereocenters. The van der Waals surface area contributed by atoms with Crippen LogP contribution in [0, 0.1) is 0 Å². The monoisotopic (exact) mass is 444 g/mol. The zero-order chi connectivity index (χ0) is 22.9. The van der Waals surface area contributed by atoms with Gasteiger partial charge in [0.15, 0.2) is 0 Å². The van der Waals surface area contributed by atoms with Gasteiger partial charge in [-0.15, -0.1) is 0 Å². The Labute approximate surface area is 202 Å². The van der Waals surface area contributed by atoms with Crippen LogP contribution in [0.15, 0.2) is 121 Å². The molecule has 0 fully saturated rings. The normalized spacial score (nSPS) is 12.2. The quantitative estimate of drug-likeness (QED) is 0.181. The molecule has 1 heterocycles. The third-order valence-corrected chi connectivity index (χ3v) is 7.41. The Kier molecular flexibility index (Phi) is 3.72. The third-order valence-electron chi connectivity index (χ3n) is 7.41. The van der Waals surface area contributed by atoms with Gasteiger partial charge >= 0.3 is 0 Å². The largest absolute Gasteiger partial charge is 0.456 e. The van der Waals surface area contributed by atoms with E-state index in [0.29, 0.717) is 0 Å². The summed E-state index contributed by atoms with van der Waals surface area (Å²) >= 11 is 0. The van der Waals surface area contributed by atoms with Gasteiger partial charge in [-0.1, -0.05) is 91.0 Å². The fraction of sp³-hybridized carbons (Fsp3) is 0. The maximum Gasteiger partial charge on any atom is 0.135 e. The van der Waals surface area contributed by atoms with Crippen molar-refractivity contribution in [3.8, 4) is 33.8 Å². The van der Waals surface area contributed by atoms with Crippen molar-refractivity contribution in [3.05, 3.63) is 121 Å². The lowest BCUT2D eigenvalue weighted by molar-refractivity contribution is 0.487. The molecule has 0 unspecified atom stereocenters. The van der Waals surface area contributed by atoms with Crippen LogP contribution in [-0.2, 0) is 0 Å². The van der Waals surface area contributed by atoms with Gasteiger partial charge in [-0.3, -0.25) is 0 Å². The van der Waals surface area contributed by atoms with Gasteiger partial charge in [0.25, 0.3) is 0 Å². The Balaban J connectivity index is 1.34. The van der Waals surface area contributed by atoms with Crippen molar-refractivity contribution in [3.63, 3.8) is 0 Å². The van der Waals surface area contributed by atoms with Gasteiger partial charge in [0.05, 0.1) is 0 Å². The van der Waals surface area contributed by atoms with E-state index in [-0.39, 0.29) is 0 Å². The highest BCUT2D eigenvalue weighted by atomic mass is 16.5. The Morgan fingerprint density at radius 1 is 0.371 bits per heavy atom. The molecular weight excluding hydrogens is 424 g/mol. The van der Waals surface area contributed by atoms with Crippen LogP contribution in [0.4, 0.5) is 0 Å². The van der Waals surface area contributed by atoms with E-state index < -0.39 is 0 Å². The van der Waals surface area contributed by atoms with Crippen LogP contribution in [-0.4, -0.2) is 0 Å². The Morgan fingerprint density at radius 2 is 1.09 bits per heavy atom. The molecule has 0 saturated carbocycles. The van der Waals surface area contributed by atoms with Crippen LogP contribution in [0.1, 0.15) is 0 Å². The van der Waals surface area contributed by atoms with E-state index in [0.717, 1.165) is 17.1 Å². The minimum atomic E-state index is 0.914. The molecule has 0 saturated heterocycles. The van der Waals surface area contributed by atoms with E-state index in [1.165, 1.54) is 59.8 Å². The number of fused-ring (bicyclic) bond motifs is 6. The summed E-state index contributed by atoms with van der Waals surface area (Å²) in [5, 5.41) is 10.0. The molecular formula is C34H20O. The maximum atomic E-state index is 6.44. The van der Waals surface area contributed by atoms with Crippen LogP contribution in [0.25, 0.3) is 65.3 Å². The highest BCUT2D eigenvalue weighted by molar-refractivity contribution is 6.14. The summed E-state index contributed by atoms with van der Waals surface area (Å²) in [7, 11) is 0. The predicted molar refractivity (Wildman–Crippen MR) is 147 cm³/mol. The summed E-state index contributed by atoms with van der Waals surface area (Å²) in [5.41, 5.74) is 4.78. The zero-order valence-electron chi connectivity index (χ0n) is 19.0. The van der Waals surface area contributed by atoms with E-state index in [9.17, 15) is 0 Å². The molecule has 35 heavy (non-hydrogen) atoms. The third kappa shape index (κ3) is 2.70. The van der Waals surface area contributed by atoms with E-state index in [1.807, 2.05) is 0 Å². The second-order valence-corrected chi connectivity index (χ2v) is 9.36. The molecule has 1 heteroatoms. The zero-order valence-corrected chi connectivity index (χ0v) is 19.0. The van der Waals surface area contributed by atoms with E-state index >= 15 is 0 Å². The first-order valence-corrected chi connectivity index (χ1v) is 12.0. The molecule has 8 rings (SSSR count).